The van der Waals surface area contributed by atoms with Gasteiger partial charge in [-0.2, -0.15) is 0 Å². The Labute approximate surface area is 166 Å². The van der Waals surface area contributed by atoms with Gasteiger partial charge in [-0.05, 0) is 24.3 Å². The van der Waals surface area contributed by atoms with Crippen LogP contribution in [0.1, 0.15) is 61.3 Å². The molecule has 2 fully saturated rings. The fourth-order valence-electron chi connectivity index (χ4n) is 5.10. The van der Waals surface area contributed by atoms with Crippen LogP contribution in [-0.4, -0.2) is 63.8 Å². The normalized spacial score (nSPS) is 31.2. The molecular weight excluding hydrogens is 364 g/mol. The van der Waals surface area contributed by atoms with Crippen molar-refractivity contribution in [3.63, 3.8) is 0 Å². The summed E-state index contributed by atoms with van der Waals surface area (Å²) in [4.78, 5) is 20.5. The van der Waals surface area contributed by atoms with Crippen molar-refractivity contribution in [3.05, 3.63) is 11.3 Å². The van der Waals surface area contributed by atoms with Crippen LogP contribution in [0.3, 0.4) is 0 Å². The number of carboxylic acid groups (broad SMARTS) is 1. The molecule has 0 aromatic rings. The minimum Gasteiger partial charge on any atom is -0.480 e. The van der Waals surface area contributed by atoms with E-state index in [0.29, 0.717) is 13.0 Å². The number of hydrogen-bond acceptors (Lipinski definition) is 4. The van der Waals surface area contributed by atoms with Gasteiger partial charge < -0.3 is 10.0 Å². The Morgan fingerprint density at radius 1 is 1.18 bits per heavy atom. The van der Waals surface area contributed by atoms with Crippen LogP contribution in [0.15, 0.2) is 16.3 Å². The number of hydrogen-bond donors (Lipinski definition) is 1. The Bertz CT molecular complexity index is 731. The second-order valence-electron chi connectivity index (χ2n) is 10.5. The Kier molecular flexibility index (Phi) is 4.93. The van der Waals surface area contributed by atoms with Gasteiger partial charge in [0.1, 0.15) is 11.9 Å². The summed E-state index contributed by atoms with van der Waals surface area (Å²) in [7, 11) is 0. The molecule has 0 amide bonds. The van der Waals surface area contributed by atoms with E-state index in [1.165, 1.54) is 4.90 Å². The molecule has 2 saturated heterocycles. The number of likely N-dealkylation sites (tertiary alicyclic amines) is 1. The first-order valence-electron chi connectivity index (χ1n) is 10.1. The molecule has 0 radical (unpaired) electrons. The molecule has 3 aliphatic rings. The minimum absolute atomic E-state index is 0.0625. The molecule has 5 nitrogen and oxygen atoms in total. The molecule has 3 rings (SSSR count). The Morgan fingerprint density at radius 2 is 1.79 bits per heavy atom. The highest BCUT2D eigenvalue weighted by molar-refractivity contribution is 5.91. The average molecular weight is 398 g/mol. The summed E-state index contributed by atoms with van der Waals surface area (Å²) in [6, 6.07) is -1.53. The van der Waals surface area contributed by atoms with Crippen molar-refractivity contribution in [1.29, 1.82) is 0 Å². The maximum absolute atomic E-state index is 14.2. The zero-order valence-electron chi connectivity index (χ0n) is 18.0. The summed E-state index contributed by atoms with van der Waals surface area (Å²) in [6.45, 7) is 14.9. The van der Waals surface area contributed by atoms with Crippen molar-refractivity contribution in [3.8, 4) is 0 Å². The number of nitrogens with zero attached hydrogens (tertiary/aromatic N) is 3. The number of fused-ring (bicyclic) bond motifs is 1. The SMILES string of the molecule is C[C@@H]1N=C(C(C)(C)C)N2CCC(N3CC(F)(F)CC3C(=O)O)C2=C1C(C)(C)C. The minimum atomic E-state index is -2.97. The lowest BCUT2D eigenvalue weighted by atomic mass is 9.78. The molecule has 3 aliphatic heterocycles. The van der Waals surface area contributed by atoms with Crippen LogP contribution < -0.4 is 0 Å². The molecule has 0 bridgehead atoms. The van der Waals surface area contributed by atoms with Crippen LogP contribution in [0, 0.1) is 10.8 Å². The van der Waals surface area contributed by atoms with Gasteiger partial charge >= 0.3 is 5.97 Å². The highest BCUT2D eigenvalue weighted by Gasteiger charge is 2.54. The first kappa shape index (κ1) is 21.2. The third-order valence-corrected chi connectivity index (χ3v) is 5.97. The maximum Gasteiger partial charge on any atom is 0.321 e. The summed E-state index contributed by atoms with van der Waals surface area (Å²) in [6.07, 6.45) is 0.0172. The van der Waals surface area contributed by atoms with Crippen LogP contribution in [0.5, 0.6) is 0 Å². The molecule has 0 saturated carbocycles. The van der Waals surface area contributed by atoms with Gasteiger partial charge in [0.25, 0.3) is 5.92 Å². The zero-order valence-corrected chi connectivity index (χ0v) is 18.0. The van der Waals surface area contributed by atoms with Crippen LogP contribution in [0.2, 0.25) is 0 Å². The molecule has 0 aromatic carbocycles. The van der Waals surface area contributed by atoms with E-state index in [9.17, 15) is 18.7 Å². The molecular formula is C21H33F2N3O2. The highest BCUT2D eigenvalue weighted by atomic mass is 19.3. The number of rotatable bonds is 2. The Morgan fingerprint density at radius 3 is 2.29 bits per heavy atom. The monoisotopic (exact) mass is 397 g/mol. The standard InChI is InChI=1S/C21H33F2N3O2/c1-12-15(19(2,3)4)16-13(8-9-25(16)18(24-12)20(5,6)7)26-11-21(22,23)10-14(26)17(27)28/h12-14H,8-11H2,1-7H3,(H,27,28)/t12-,13?,14?/m0/s1. The van der Waals surface area contributed by atoms with Crippen LogP contribution >= 0.6 is 0 Å². The zero-order chi connectivity index (χ0) is 21.2. The lowest BCUT2D eigenvalue weighted by Gasteiger charge is -2.43. The van der Waals surface area contributed by atoms with Crippen LogP contribution in [-0.2, 0) is 4.79 Å². The molecule has 7 heteroatoms. The van der Waals surface area contributed by atoms with E-state index in [-0.39, 0.29) is 22.9 Å². The van der Waals surface area contributed by atoms with E-state index in [1.54, 1.807) is 0 Å². The van der Waals surface area contributed by atoms with Gasteiger partial charge in [0, 0.05) is 24.1 Å². The van der Waals surface area contributed by atoms with Gasteiger partial charge in [0.15, 0.2) is 0 Å². The molecule has 3 atom stereocenters. The number of halogens is 2. The maximum atomic E-state index is 14.2. The van der Waals surface area contributed by atoms with Gasteiger partial charge in [-0.25, -0.2) is 8.78 Å². The fraction of sp³-hybridized carbons (Fsp3) is 0.810. The van der Waals surface area contributed by atoms with Gasteiger partial charge in [0.2, 0.25) is 0 Å². The molecule has 0 aliphatic carbocycles. The Balaban J connectivity index is 2.11. The predicted octanol–water partition coefficient (Wildman–Crippen LogP) is 4.00. The topological polar surface area (TPSA) is 56.1 Å². The highest BCUT2D eigenvalue weighted by Crippen LogP contribution is 2.46. The summed E-state index contributed by atoms with van der Waals surface area (Å²) in [5.74, 6) is -3.18. The van der Waals surface area contributed by atoms with E-state index in [2.05, 4.69) is 53.4 Å². The smallest absolute Gasteiger partial charge is 0.321 e. The summed E-state index contributed by atoms with van der Waals surface area (Å²) in [5.41, 5.74) is 1.76. The molecule has 2 unspecified atom stereocenters. The van der Waals surface area contributed by atoms with Crippen molar-refractivity contribution in [2.24, 2.45) is 15.8 Å². The fourth-order valence-corrected chi connectivity index (χ4v) is 5.10. The van der Waals surface area contributed by atoms with Crippen molar-refractivity contribution in [1.82, 2.24) is 9.80 Å². The van der Waals surface area contributed by atoms with Crippen molar-refractivity contribution >= 4 is 11.8 Å². The molecule has 0 spiro atoms. The van der Waals surface area contributed by atoms with Crippen LogP contribution in [0.4, 0.5) is 8.78 Å². The molecule has 3 heterocycles. The third kappa shape index (κ3) is 3.58. The van der Waals surface area contributed by atoms with Gasteiger partial charge in [-0.15, -0.1) is 0 Å². The first-order valence-corrected chi connectivity index (χ1v) is 10.1. The van der Waals surface area contributed by atoms with E-state index < -0.39 is 30.9 Å². The average Bonchev–Trinajstić information content (AvgIpc) is 3.04. The number of carbonyl (C=O) groups is 1. The van der Waals surface area contributed by atoms with Crippen molar-refractivity contribution in [2.75, 3.05) is 13.1 Å². The quantitative estimate of drug-likeness (QED) is 0.765. The van der Waals surface area contributed by atoms with E-state index in [4.69, 9.17) is 4.99 Å². The summed E-state index contributed by atoms with van der Waals surface area (Å²) >= 11 is 0. The van der Waals surface area contributed by atoms with Crippen molar-refractivity contribution in [2.45, 2.75) is 85.4 Å². The number of carboxylic acids is 1. The number of amidine groups is 1. The van der Waals surface area contributed by atoms with Crippen molar-refractivity contribution < 1.29 is 18.7 Å². The largest absolute Gasteiger partial charge is 0.480 e. The second-order valence-corrected chi connectivity index (χ2v) is 10.5. The molecule has 158 valence electrons. The van der Waals surface area contributed by atoms with Gasteiger partial charge in [-0.1, -0.05) is 41.5 Å². The van der Waals surface area contributed by atoms with Crippen LogP contribution in [0.25, 0.3) is 0 Å². The van der Waals surface area contributed by atoms with E-state index in [0.717, 1.165) is 17.1 Å². The predicted molar refractivity (Wildman–Crippen MR) is 106 cm³/mol. The second kappa shape index (κ2) is 6.51. The summed E-state index contributed by atoms with van der Waals surface area (Å²) in [5, 5.41) is 9.60. The first-order chi connectivity index (χ1) is 12.6. The summed E-state index contributed by atoms with van der Waals surface area (Å²) < 4.78 is 28.4. The Hall–Kier alpha value is -1.50. The van der Waals surface area contributed by atoms with E-state index in [1.807, 2.05) is 0 Å². The van der Waals surface area contributed by atoms with E-state index >= 15 is 0 Å². The lowest BCUT2D eigenvalue weighted by Crippen LogP contribution is -2.49. The number of aliphatic carboxylic acids is 1. The van der Waals surface area contributed by atoms with Gasteiger partial charge in [0.05, 0.1) is 18.6 Å². The number of aliphatic imine (C=N–C) groups is 1. The third-order valence-electron chi connectivity index (χ3n) is 5.97. The molecule has 28 heavy (non-hydrogen) atoms. The molecule has 1 N–H and O–H groups in total. The molecule has 0 aromatic heterocycles. The van der Waals surface area contributed by atoms with Gasteiger partial charge in [-0.3, -0.25) is 14.7 Å². The lowest BCUT2D eigenvalue weighted by molar-refractivity contribution is -0.142. The number of alkyl halides is 2.